The highest BCUT2D eigenvalue weighted by molar-refractivity contribution is 7.78. The predicted molar refractivity (Wildman–Crippen MR) is 48.7 cm³/mol. The third kappa shape index (κ3) is 4.29. The molecule has 0 radical (unpaired) electrons. The summed E-state index contributed by atoms with van der Waals surface area (Å²) in [5.74, 6) is 0. The lowest BCUT2D eigenvalue weighted by Gasteiger charge is -2.10. The first-order chi connectivity index (χ1) is 5.33. The van der Waals surface area contributed by atoms with Gasteiger partial charge in [0.15, 0.2) is 0 Å². The maximum absolute atomic E-state index is 9.27. The highest BCUT2D eigenvalue weighted by Crippen LogP contribution is 2.18. The molecule has 0 saturated heterocycles. The number of aliphatic hydroxyl groups is 1. The van der Waals surface area contributed by atoms with Crippen molar-refractivity contribution in [2.24, 2.45) is 0 Å². The Morgan fingerprint density at radius 2 is 2.27 bits per heavy atom. The molecule has 1 saturated carbocycles. The van der Waals surface area contributed by atoms with Crippen molar-refractivity contribution in [2.45, 2.75) is 25.0 Å². The fourth-order valence-electron chi connectivity index (χ4n) is 0.846. The molecule has 1 unspecified atom stereocenters. The molecule has 0 amide bonds. The van der Waals surface area contributed by atoms with E-state index in [1.807, 2.05) is 0 Å². The standard InChI is InChI=1S/C7H14N2OS/c10-7(3-8-5-11)4-9-6-1-2-6/h5-7,9-10H,1-4H2,(H,8,11). The minimum atomic E-state index is -0.324. The van der Waals surface area contributed by atoms with E-state index in [2.05, 4.69) is 22.9 Å². The molecule has 0 aromatic carbocycles. The molecule has 11 heavy (non-hydrogen) atoms. The SMILES string of the molecule is OC(CNC=S)CNC1CC1. The van der Waals surface area contributed by atoms with Crippen LogP contribution in [0.1, 0.15) is 12.8 Å². The van der Waals surface area contributed by atoms with E-state index in [0.29, 0.717) is 19.1 Å². The second kappa shape index (κ2) is 4.64. The van der Waals surface area contributed by atoms with E-state index < -0.39 is 0 Å². The van der Waals surface area contributed by atoms with Crippen molar-refractivity contribution in [3.63, 3.8) is 0 Å². The molecule has 0 aliphatic heterocycles. The third-order valence-corrected chi connectivity index (χ3v) is 1.82. The Morgan fingerprint density at radius 3 is 2.82 bits per heavy atom. The zero-order chi connectivity index (χ0) is 8.10. The third-order valence-electron chi connectivity index (χ3n) is 1.66. The summed E-state index contributed by atoms with van der Waals surface area (Å²) in [6.45, 7) is 1.21. The average Bonchev–Trinajstić information content (AvgIpc) is 2.80. The molecule has 1 aliphatic rings. The molecule has 1 atom stereocenters. The van der Waals surface area contributed by atoms with Crippen LogP contribution < -0.4 is 10.6 Å². The summed E-state index contributed by atoms with van der Waals surface area (Å²) in [6.07, 6.45) is 2.19. The topological polar surface area (TPSA) is 44.3 Å². The molecule has 3 nitrogen and oxygen atoms in total. The van der Waals surface area contributed by atoms with Gasteiger partial charge in [-0.15, -0.1) is 0 Å². The summed E-state index contributed by atoms with van der Waals surface area (Å²) in [7, 11) is 0. The maximum Gasteiger partial charge on any atom is 0.0836 e. The van der Waals surface area contributed by atoms with Gasteiger partial charge in [0.1, 0.15) is 0 Å². The van der Waals surface area contributed by atoms with Gasteiger partial charge in [0, 0.05) is 19.1 Å². The minimum Gasteiger partial charge on any atom is -0.390 e. The number of aliphatic hydroxyl groups excluding tert-OH is 1. The first kappa shape index (κ1) is 8.90. The van der Waals surface area contributed by atoms with Crippen LogP contribution in [0.5, 0.6) is 0 Å². The lowest BCUT2D eigenvalue weighted by molar-refractivity contribution is 0.174. The first-order valence-corrected chi connectivity index (χ1v) is 4.38. The van der Waals surface area contributed by atoms with Crippen LogP contribution in [0.4, 0.5) is 0 Å². The van der Waals surface area contributed by atoms with Gasteiger partial charge in [-0.1, -0.05) is 12.2 Å². The fraction of sp³-hybridized carbons (Fsp3) is 0.857. The molecule has 3 N–H and O–H groups in total. The van der Waals surface area contributed by atoms with Crippen LogP contribution in [0.2, 0.25) is 0 Å². The van der Waals surface area contributed by atoms with Crippen LogP contribution in [0, 0.1) is 0 Å². The lowest BCUT2D eigenvalue weighted by atomic mass is 10.3. The van der Waals surface area contributed by atoms with Crippen molar-refractivity contribution in [1.82, 2.24) is 10.6 Å². The highest BCUT2D eigenvalue weighted by Gasteiger charge is 2.20. The van der Waals surface area contributed by atoms with Crippen molar-refractivity contribution in [2.75, 3.05) is 13.1 Å². The lowest BCUT2D eigenvalue weighted by Crippen LogP contribution is -2.35. The van der Waals surface area contributed by atoms with E-state index in [-0.39, 0.29) is 6.10 Å². The van der Waals surface area contributed by atoms with Gasteiger partial charge in [-0.25, -0.2) is 0 Å². The number of nitrogens with one attached hydrogen (secondary N) is 2. The van der Waals surface area contributed by atoms with E-state index in [1.165, 1.54) is 18.3 Å². The first-order valence-electron chi connectivity index (χ1n) is 3.91. The van der Waals surface area contributed by atoms with Crippen LogP contribution in [0.3, 0.4) is 0 Å². The summed E-state index contributed by atoms with van der Waals surface area (Å²) in [5, 5.41) is 15.3. The Bertz CT molecular complexity index is 128. The molecule has 0 bridgehead atoms. The monoisotopic (exact) mass is 174 g/mol. The molecule has 1 fully saturated rings. The Hall–Kier alpha value is -0.190. The van der Waals surface area contributed by atoms with Crippen LogP contribution in [-0.2, 0) is 0 Å². The van der Waals surface area contributed by atoms with Gasteiger partial charge >= 0.3 is 0 Å². The molecule has 1 rings (SSSR count). The second-order valence-corrected chi connectivity index (χ2v) is 3.10. The molecule has 4 heteroatoms. The smallest absolute Gasteiger partial charge is 0.0836 e. The van der Waals surface area contributed by atoms with Crippen LogP contribution >= 0.6 is 12.2 Å². The molecule has 0 heterocycles. The van der Waals surface area contributed by atoms with Gasteiger partial charge in [0.25, 0.3) is 0 Å². The van der Waals surface area contributed by atoms with E-state index in [1.54, 1.807) is 0 Å². The average molecular weight is 174 g/mol. The maximum atomic E-state index is 9.27. The van der Waals surface area contributed by atoms with Crippen molar-refractivity contribution < 1.29 is 5.11 Å². The predicted octanol–water partition coefficient (Wildman–Crippen LogP) is -0.354. The zero-order valence-electron chi connectivity index (χ0n) is 6.42. The van der Waals surface area contributed by atoms with Crippen LogP contribution in [-0.4, -0.2) is 35.8 Å². The Balaban J connectivity index is 1.90. The minimum absolute atomic E-state index is 0.324. The molecular weight excluding hydrogens is 160 g/mol. The largest absolute Gasteiger partial charge is 0.390 e. The fourth-order valence-corrected chi connectivity index (χ4v) is 0.943. The van der Waals surface area contributed by atoms with Crippen molar-refractivity contribution in [1.29, 1.82) is 0 Å². The summed E-state index contributed by atoms with van der Waals surface area (Å²) < 4.78 is 0. The Kier molecular flexibility index (Phi) is 3.76. The van der Waals surface area contributed by atoms with Gasteiger partial charge in [-0.2, -0.15) is 0 Å². The summed E-state index contributed by atoms with van der Waals surface area (Å²) in [5.41, 5.74) is 1.43. The molecule has 64 valence electrons. The Labute approximate surface area is 72.2 Å². The second-order valence-electron chi connectivity index (χ2n) is 2.86. The summed E-state index contributed by atoms with van der Waals surface area (Å²) in [6, 6.07) is 0.664. The van der Waals surface area contributed by atoms with E-state index in [0.717, 1.165) is 0 Å². The van der Waals surface area contributed by atoms with Crippen molar-refractivity contribution in [3.05, 3.63) is 0 Å². The van der Waals surface area contributed by atoms with Crippen molar-refractivity contribution >= 4 is 17.7 Å². The van der Waals surface area contributed by atoms with Gasteiger partial charge in [-0.05, 0) is 12.8 Å². The van der Waals surface area contributed by atoms with Crippen LogP contribution in [0.15, 0.2) is 0 Å². The summed E-state index contributed by atoms with van der Waals surface area (Å²) >= 11 is 4.55. The number of thiocarbonyl (C=S) groups is 1. The molecule has 1 aliphatic carbocycles. The Morgan fingerprint density at radius 1 is 1.55 bits per heavy atom. The van der Waals surface area contributed by atoms with Gasteiger partial charge in [0.05, 0.1) is 11.6 Å². The van der Waals surface area contributed by atoms with Gasteiger partial charge < -0.3 is 15.7 Å². The number of hydrogen-bond acceptors (Lipinski definition) is 3. The normalized spacial score (nSPS) is 19.4. The van der Waals surface area contributed by atoms with E-state index in [9.17, 15) is 5.11 Å². The zero-order valence-corrected chi connectivity index (χ0v) is 7.23. The quantitative estimate of drug-likeness (QED) is 0.481. The van der Waals surface area contributed by atoms with E-state index in [4.69, 9.17) is 0 Å². The number of rotatable bonds is 6. The van der Waals surface area contributed by atoms with Crippen molar-refractivity contribution in [3.8, 4) is 0 Å². The molecule has 0 aromatic rings. The summed E-state index contributed by atoms with van der Waals surface area (Å²) in [4.78, 5) is 0. The van der Waals surface area contributed by atoms with Gasteiger partial charge in [0.2, 0.25) is 0 Å². The molecule has 0 aromatic heterocycles. The van der Waals surface area contributed by atoms with Gasteiger partial charge in [-0.3, -0.25) is 0 Å². The van der Waals surface area contributed by atoms with E-state index >= 15 is 0 Å². The highest BCUT2D eigenvalue weighted by atomic mass is 32.1. The van der Waals surface area contributed by atoms with Crippen LogP contribution in [0.25, 0.3) is 0 Å². The molecule has 0 spiro atoms. The molecular formula is C7H14N2OS. The number of hydrogen-bond donors (Lipinski definition) is 3.